The monoisotopic (exact) mass is 356 g/mol. The van der Waals surface area contributed by atoms with Gasteiger partial charge in [-0.15, -0.1) is 0 Å². The zero-order chi connectivity index (χ0) is 17.9. The second-order valence-electron chi connectivity index (χ2n) is 6.30. The Morgan fingerprint density at radius 3 is 2.31 bits per heavy atom. The highest BCUT2D eigenvalue weighted by molar-refractivity contribution is 6.31. The van der Waals surface area contributed by atoms with Crippen molar-refractivity contribution in [2.45, 2.75) is 12.3 Å². The first-order valence-corrected chi connectivity index (χ1v) is 8.94. The first-order valence-electron chi connectivity index (χ1n) is 8.56. The van der Waals surface area contributed by atoms with E-state index in [9.17, 15) is 5.26 Å². The number of benzene rings is 3. The minimum atomic E-state index is -0.00803. The molecule has 0 bridgehead atoms. The van der Waals surface area contributed by atoms with Gasteiger partial charge in [-0.25, -0.2) is 0 Å². The van der Waals surface area contributed by atoms with Gasteiger partial charge >= 0.3 is 0 Å². The molecule has 1 N–H and O–H groups in total. The summed E-state index contributed by atoms with van der Waals surface area (Å²) in [6.07, 6.45) is 0.416. The van der Waals surface area contributed by atoms with Crippen molar-refractivity contribution in [1.29, 1.82) is 5.26 Å². The van der Waals surface area contributed by atoms with Crippen LogP contribution in [0.1, 0.15) is 23.5 Å². The SMILES string of the molecule is N#CCC(c1ccccc1)c1c(-c2ccccc2)[nH]c2cc(Cl)ccc12. The highest BCUT2D eigenvalue weighted by Crippen LogP contribution is 2.40. The van der Waals surface area contributed by atoms with Gasteiger partial charge in [-0.3, -0.25) is 0 Å². The largest absolute Gasteiger partial charge is 0.354 e. The molecule has 0 saturated heterocycles. The van der Waals surface area contributed by atoms with Crippen molar-refractivity contribution in [1.82, 2.24) is 4.98 Å². The number of H-pyrrole nitrogens is 1. The number of aromatic nitrogens is 1. The molecule has 0 aliphatic heterocycles. The molecule has 1 unspecified atom stereocenters. The standard InChI is InChI=1S/C23H17ClN2/c24-18-11-12-20-21(15-18)26-23(17-9-5-2-6-10-17)22(20)19(13-14-25)16-7-3-1-4-8-16/h1-12,15,19,26H,13H2. The van der Waals surface area contributed by atoms with Gasteiger partial charge in [0.05, 0.1) is 11.8 Å². The molecular weight excluding hydrogens is 340 g/mol. The molecule has 1 atom stereocenters. The van der Waals surface area contributed by atoms with Crippen LogP contribution >= 0.6 is 11.6 Å². The minimum Gasteiger partial charge on any atom is -0.354 e. The Hall–Kier alpha value is -3.02. The normalized spacial score (nSPS) is 12.0. The Balaban J connectivity index is 2.01. The van der Waals surface area contributed by atoms with Crippen LogP contribution < -0.4 is 0 Å². The van der Waals surface area contributed by atoms with Crippen molar-refractivity contribution in [3.8, 4) is 17.3 Å². The minimum absolute atomic E-state index is 0.00803. The van der Waals surface area contributed by atoms with Gasteiger partial charge in [0, 0.05) is 28.3 Å². The maximum absolute atomic E-state index is 9.49. The smallest absolute Gasteiger partial charge is 0.0631 e. The zero-order valence-electron chi connectivity index (χ0n) is 14.1. The van der Waals surface area contributed by atoms with Gasteiger partial charge in [-0.2, -0.15) is 5.26 Å². The Bertz CT molecular complexity index is 1080. The number of halogens is 1. The number of nitrogens with zero attached hydrogens (tertiary/aromatic N) is 1. The fraction of sp³-hybridized carbons (Fsp3) is 0.0870. The highest BCUT2D eigenvalue weighted by Gasteiger charge is 2.23. The lowest BCUT2D eigenvalue weighted by molar-refractivity contribution is 0.848. The Labute approximate surface area is 157 Å². The predicted octanol–water partition coefficient (Wildman–Crippen LogP) is 6.53. The first-order chi connectivity index (χ1) is 12.8. The van der Waals surface area contributed by atoms with Crippen LogP contribution in [0.3, 0.4) is 0 Å². The number of fused-ring (bicyclic) bond motifs is 1. The zero-order valence-corrected chi connectivity index (χ0v) is 14.9. The van der Waals surface area contributed by atoms with Gasteiger partial charge in [0.25, 0.3) is 0 Å². The average Bonchev–Trinajstić information content (AvgIpc) is 3.05. The quantitative estimate of drug-likeness (QED) is 0.443. The third-order valence-corrected chi connectivity index (χ3v) is 4.94. The lowest BCUT2D eigenvalue weighted by Crippen LogP contribution is -2.01. The van der Waals surface area contributed by atoms with E-state index >= 15 is 0 Å². The molecule has 0 saturated carbocycles. The lowest BCUT2D eigenvalue weighted by atomic mass is 9.86. The maximum Gasteiger partial charge on any atom is 0.0631 e. The summed E-state index contributed by atoms with van der Waals surface area (Å²) in [4.78, 5) is 3.54. The van der Waals surface area contributed by atoms with E-state index in [0.29, 0.717) is 11.4 Å². The molecular formula is C23H17ClN2. The molecule has 126 valence electrons. The summed E-state index contributed by atoms with van der Waals surface area (Å²) in [7, 11) is 0. The summed E-state index contributed by atoms with van der Waals surface area (Å²) in [5.41, 5.74) is 5.43. The van der Waals surface area contributed by atoms with Crippen molar-refractivity contribution in [2.24, 2.45) is 0 Å². The summed E-state index contributed by atoms with van der Waals surface area (Å²) < 4.78 is 0. The fourth-order valence-electron chi connectivity index (χ4n) is 3.55. The molecule has 0 aliphatic carbocycles. The second kappa shape index (κ2) is 7.07. The van der Waals surface area contributed by atoms with E-state index in [4.69, 9.17) is 11.6 Å². The molecule has 1 heterocycles. The molecule has 4 aromatic rings. The summed E-state index contributed by atoms with van der Waals surface area (Å²) in [5.74, 6) is -0.00803. The summed E-state index contributed by atoms with van der Waals surface area (Å²) in [5, 5.41) is 11.3. The number of hydrogen-bond acceptors (Lipinski definition) is 1. The van der Waals surface area contributed by atoms with Crippen LogP contribution in [0.2, 0.25) is 5.02 Å². The van der Waals surface area contributed by atoms with Crippen LogP contribution in [-0.4, -0.2) is 4.98 Å². The summed E-state index contributed by atoms with van der Waals surface area (Å²) >= 11 is 6.21. The van der Waals surface area contributed by atoms with Crippen LogP contribution in [0.4, 0.5) is 0 Å². The molecule has 1 aromatic heterocycles. The van der Waals surface area contributed by atoms with E-state index in [2.05, 4.69) is 35.3 Å². The van der Waals surface area contributed by atoms with E-state index in [1.165, 1.54) is 0 Å². The van der Waals surface area contributed by atoms with Crippen LogP contribution in [0.5, 0.6) is 0 Å². The Morgan fingerprint density at radius 2 is 1.62 bits per heavy atom. The van der Waals surface area contributed by atoms with E-state index in [1.807, 2.05) is 54.6 Å². The Kier molecular flexibility index (Phi) is 4.48. The van der Waals surface area contributed by atoms with Crippen LogP contribution in [0, 0.1) is 11.3 Å². The lowest BCUT2D eigenvalue weighted by Gasteiger charge is -2.16. The Morgan fingerprint density at radius 1 is 0.923 bits per heavy atom. The number of aromatic amines is 1. The third kappa shape index (κ3) is 2.98. The van der Waals surface area contributed by atoms with Crippen molar-refractivity contribution < 1.29 is 0 Å². The molecule has 0 radical (unpaired) electrons. The van der Waals surface area contributed by atoms with Gasteiger partial charge < -0.3 is 4.98 Å². The third-order valence-electron chi connectivity index (χ3n) is 4.71. The molecule has 2 nitrogen and oxygen atoms in total. The molecule has 0 amide bonds. The van der Waals surface area contributed by atoms with Crippen molar-refractivity contribution in [2.75, 3.05) is 0 Å². The summed E-state index contributed by atoms with van der Waals surface area (Å²) in [6, 6.07) is 28.7. The van der Waals surface area contributed by atoms with Gasteiger partial charge in [0.2, 0.25) is 0 Å². The van der Waals surface area contributed by atoms with Crippen LogP contribution in [0.15, 0.2) is 78.9 Å². The highest BCUT2D eigenvalue weighted by atomic mass is 35.5. The predicted molar refractivity (Wildman–Crippen MR) is 107 cm³/mol. The molecule has 0 aliphatic rings. The summed E-state index contributed by atoms with van der Waals surface area (Å²) in [6.45, 7) is 0. The molecule has 4 rings (SSSR count). The van der Waals surface area contributed by atoms with E-state index in [-0.39, 0.29) is 5.92 Å². The van der Waals surface area contributed by atoms with E-state index < -0.39 is 0 Å². The number of nitrogens with one attached hydrogen (secondary N) is 1. The molecule has 0 spiro atoms. The van der Waals surface area contributed by atoms with E-state index in [0.717, 1.165) is 33.3 Å². The van der Waals surface area contributed by atoms with Gasteiger partial charge in [0.15, 0.2) is 0 Å². The molecule has 26 heavy (non-hydrogen) atoms. The molecule has 3 heteroatoms. The molecule has 0 fully saturated rings. The van der Waals surface area contributed by atoms with Gasteiger partial charge in [-0.1, -0.05) is 78.3 Å². The number of hydrogen-bond donors (Lipinski definition) is 1. The second-order valence-corrected chi connectivity index (χ2v) is 6.73. The van der Waals surface area contributed by atoms with Crippen molar-refractivity contribution in [3.05, 3.63) is 95.0 Å². The number of rotatable bonds is 4. The van der Waals surface area contributed by atoms with Crippen molar-refractivity contribution in [3.63, 3.8) is 0 Å². The van der Waals surface area contributed by atoms with E-state index in [1.54, 1.807) is 0 Å². The van der Waals surface area contributed by atoms with Crippen LogP contribution in [0.25, 0.3) is 22.2 Å². The van der Waals surface area contributed by atoms with Gasteiger partial charge in [-0.05, 0) is 28.8 Å². The van der Waals surface area contributed by atoms with Crippen molar-refractivity contribution >= 4 is 22.5 Å². The molecule has 3 aromatic carbocycles. The average molecular weight is 357 g/mol. The fourth-order valence-corrected chi connectivity index (χ4v) is 3.72. The number of nitriles is 1. The van der Waals surface area contributed by atoms with Gasteiger partial charge in [0.1, 0.15) is 0 Å². The topological polar surface area (TPSA) is 39.6 Å². The van der Waals surface area contributed by atoms with Crippen LogP contribution in [-0.2, 0) is 0 Å². The first kappa shape index (κ1) is 16.4. The maximum atomic E-state index is 9.49.